The Morgan fingerprint density at radius 1 is 0.423 bits per heavy atom. The molecule has 4 heteroatoms. The Hall–Kier alpha value is -6.62. The van der Waals surface area contributed by atoms with Gasteiger partial charge in [-0.3, -0.25) is 0 Å². The molecule has 242 valence electrons. The van der Waals surface area contributed by atoms with Crippen molar-refractivity contribution in [3.05, 3.63) is 170 Å². The fourth-order valence-corrected chi connectivity index (χ4v) is 8.81. The van der Waals surface area contributed by atoms with Crippen LogP contribution in [-0.4, -0.2) is 9.97 Å². The second kappa shape index (κ2) is 11.5. The molecule has 0 aliphatic carbocycles. The molecular formula is C48H28N2OS. The fourth-order valence-electron chi connectivity index (χ4n) is 7.67. The first kappa shape index (κ1) is 29.1. The van der Waals surface area contributed by atoms with Crippen molar-refractivity contribution in [3.63, 3.8) is 0 Å². The van der Waals surface area contributed by atoms with Gasteiger partial charge in [-0.05, 0) is 86.3 Å². The normalized spacial score (nSPS) is 11.8. The van der Waals surface area contributed by atoms with E-state index in [0.717, 1.165) is 65.3 Å². The van der Waals surface area contributed by atoms with E-state index >= 15 is 0 Å². The first-order valence-corrected chi connectivity index (χ1v) is 18.3. The minimum atomic E-state index is 0.712. The van der Waals surface area contributed by atoms with Gasteiger partial charge >= 0.3 is 0 Å². The molecular weight excluding hydrogens is 653 g/mol. The van der Waals surface area contributed by atoms with Crippen molar-refractivity contribution >= 4 is 75.1 Å². The number of aromatic nitrogens is 2. The summed E-state index contributed by atoms with van der Waals surface area (Å²) in [5.74, 6) is 0.712. The molecule has 0 N–H and O–H groups in total. The lowest BCUT2D eigenvalue weighted by molar-refractivity contribution is 0.669. The maximum atomic E-state index is 6.60. The van der Waals surface area contributed by atoms with Crippen LogP contribution in [0.25, 0.3) is 109 Å². The largest absolute Gasteiger partial charge is 0.456 e. The molecule has 0 saturated heterocycles. The van der Waals surface area contributed by atoms with Crippen LogP contribution in [0, 0.1) is 0 Å². The lowest BCUT2D eigenvalue weighted by atomic mass is 9.98. The summed E-state index contributed by atoms with van der Waals surface area (Å²) in [7, 11) is 0. The molecule has 0 aliphatic heterocycles. The van der Waals surface area contributed by atoms with E-state index < -0.39 is 0 Å². The third-order valence-electron chi connectivity index (χ3n) is 10.3. The Kier molecular flexibility index (Phi) is 6.42. The van der Waals surface area contributed by atoms with Gasteiger partial charge in [0.15, 0.2) is 5.82 Å². The number of benzene rings is 8. The molecule has 0 amide bonds. The zero-order valence-corrected chi connectivity index (χ0v) is 28.7. The SMILES string of the molecule is c1ccc(-c2ccc3cc(-c4nc(-c5cccc6oc7cc(-c8ccc9ccccc9c8)ccc7c56)c5sc6ccccc6c5n4)ccc3c2)cc1. The fraction of sp³-hybridized carbons (Fsp3) is 0. The van der Waals surface area contributed by atoms with Crippen molar-refractivity contribution in [1.82, 2.24) is 9.97 Å². The molecule has 3 heterocycles. The number of nitrogens with zero attached hydrogens (tertiary/aromatic N) is 2. The van der Waals surface area contributed by atoms with Gasteiger partial charge in [-0.2, -0.15) is 0 Å². The zero-order chi connectivity index (χ0) is 34.2. The van der Waals surface area contributed by atoms with Gasteiger partial charge in [0.25, 0.3) is 0 Å². The van der Waals surface area contributed by atoms with Crippen molar-refractivity contribution < 1.29 is 4.42 Å². The van der Waals surface area contributed by atoms with E-state index in [4.69, 9.17) is 14.4 Å². The molecule has 0 bridgehead atoms. The molecule has 11 aromatic rings. The van der Waals surface area contributed by atoms with Crippen LogP contribution in [0.5, 0.6) is 0 Å². The molecule has 0 spiro atoms. The molecule has 8 aromatic carbocycles. The highest BCUT2D eigenvalue weighted by Gasteiger charge is 2.21. The van der Waals surface area contributed by atoms with Crippen molar-refractivity contribution in [2.75, 3.05) is 0 Å². The highest BCUT2D eigenvalue weighted by Crippen LogP contribution is 2.44. The van der Waals surface area contributed by atoms with Gasteiger partial charge in [0.1, 0.15) is 11.2 Å². The Balaban J connectivity index is 1.09. The van der Waals surface area contributed by atoms with Gasteiger partial charge in [-0.1, -0.05) is 127 Å². The molecule has 11 rings (SSSR count). The second-order valence-electron chi connectivity index (χ2n) is 13.4. The zero-order valence-electron chi connectivity index (χ0n) is 27.9. The Morgan fingerprint density at radius 3 is 1.94 bits per heavy atom. The van der Waals surface area contributed by atoms with Crippen LogP contribution in [0.1, 0.15) is 0 Å². The number of furan rings is 1. The number of fused-ring (bicyclic) bond motifs is 8. The molecule has 3 aromatic heterocycles. The molecule has 0 aliphatic rings. The number of rotatable bonds is 4. The maximum absolute atomic E-state index is 6.60. The third-order valence-corrected chi connectivity index (χ3v) is 11.4. The van der Waals surface area contributed by atoms with E-state index in [-0.39, 0.29) is 0 Å². The van der Waals surface area contributed by atoms with Crippen LogP contribution in [0.3, 0.4) is 0 Å². The molecule has 0 unspecified atom stereocenters. The van der Waals surface area contributed by atoms with E-state index in [1.54, 1.807) is 11.3 Å². The Labute approximate surface area is 303 Å². The van der Waals surface area contributed by atoms with Gasteiger partial charge in [-0.15, -0.1) is 11.3 Å². The average molecular weight is 681 g/mol. The van der Waals surface area contributed by atoms with Gasteiger partial charge in [0.05, 0.1) is 15.9 Å². The minimum Gasteiger partial charge on any atom is -0.456 e. The number of thiophene rings is 1. The monoisotopic (exact) mass is 680 g/mol. The average Bonchev–Trinajstić information content (AvgIpc) is 3.78. The van der Waals surface area contributed by atoms with Crippen molar-refractivity contribution in [2.45, 2.75) is 0 Å². The smallest absolute Gasteiger partial charge is 0.160 e. The van der Waals surface area contributed by atoms with Gasteiger partial charge < -0.3 is 4.42 Å². The van der Waals surface area contributed by atoms with E-state index in [0.29, 0.717) is 5.82 Å². The van der Waals surface area contributed by atoms with Gasteiger partial charge in [0, 0.05) is 32.0 Å². The standard InChI is InChI=1S/C48H28N2OS/c1-2-9-29(10-3-1)32-19-20-35-27-37(22-21-33(35)26-32)48-49-45-39-13-6-7-16-43(39)52-47(45)46(50-48)40-14-8-15-41-44(40)38-24-23-36(28-42(38)51-41)34-18-17-30-11-4-5-12-31(30)25-34/h1-28H. The minimum absolute atomic E-state index is 0.712. The molecule has 0 fully saturated rings. The first-order chi connectivity index (χ1) is 25.7. The predicted octanol–water partition coefficient (Wildman–Crippen LogP) is 13.7. The van der Waals surface area contributed by atoms with Crippen molar-refractivity contribution in [2.24, 2.45) is 0 Å². The van der Waals surface area contributed by atoms with Crippen LogP contribution >= 0.6 is 11.3 Å². The molecule has 0 atom stereocenters. The van der Waals surface area contributed by atoms with Crippen LogP contribution in [-0.2, 0) is 0 Å². The van der Waals surface area contributed by atoms with E-state index in [1.165, 1.54) is 37.5 Å². The first-order valence-electron chi connectivity index (χ1n) is 17.5. The topological polar surface area (TPSA) is 38.9 Å². The van der Waals surface area contributed by atoms with Crippen LogP contribution in [0.2, 0.25) is 0 Å². The summed E-state index contributed by atoms with van der Waals surface area (Å²) in [6, 6.07) is 60.2. The molecule has 0 radical (unpaired) electrons. The summed E-state index contributed by atoms with van der Waals surface area (Å²) in [6.45, 7) is 0. The van der Waals surface area contributed by atoms with Crippen LogP contribution in [0.15, 0.2) is 174 Å². The molecule has 3 nitrogen and oxygen atoms in total. The third kappa shape index (κ3) is 4.65. The lowest BCUT2D eigenvalue weighted by Gasteiger charge is -2.10. The summed E-state index contributed by atoms with van der Waals surface area (Å²) >= 11 is 1.75. The number of hydrogen-bond donors (Lipinski definition) is 0. The molecule has 52 heavy (non-hydrogen) atoms. The summed E-state index contributed by atoms with van der Waals surface area (Å²) in [5, 5.41) is 8.08. The lowest BCUT2D eigenvalue weighted by Crippen LogP contribution is -1.94. The summed E-state index contributed by atoms with van der Waals surface area (Å²) in [4.78, 5) is 10.7. The summed E-state index contributed by atoms with van der Waals surface area (Å²) < 4.78 is 8.87. The number of hydrogen-bond acceptors (Lipinski definition) is 4. The predicted molar refractivity (Wildman–Crippen MR) is 219 cm³/mol. The van der Waals surface area contributed by atoms with E-state index in [1.807, 2.05) is 0 Å². The summed E-state index contributed by atoms with van der Waals surface area (Å²) in [5.41, 5.74) is 10.3. The summed E-state index contributed by atoms with van der Waals surface area (Å²) in [6.07, 6.45) is 0. The van der Waals surface area contributed by atoms with Crippen LogP contribution in [0.4, 0.5) is 0 Å². The Bertz CT molecular complexity index is 3190. The highest BCUT2D eigenvalue weighted by molar-refractivity contribution is 7.26. The van der Waals surface area contributed by atoms with E-state index in [2.05, 4.69) is 170 Å². The second-order valence-corrected chi connectivity index (χ2v) is 14.4. The van der Waals surface area contributed by atoms with Gasteiger partial charge in [-0.25, -0.2) is 9.97 Å². The van der Waals surface area contributed by atoms with Crippen molar-refractivity contribution in [3.8, 4) is 44.9 Å². The van der Waals surface area contributed by atoms with Gasteiger partial charge in [0.2, 0.25) is 0 Å². The van der Waals surface area contributed by atoms with Crippen molar-refractivity contribution in [1.29, 1.82) is 0 Å². The molecule has 0 saturated carbocycles. The quantitative estimate of drug-likeness (QED) is 0.186. The Morgan fingerprint density at radius 2 is 1.08 bits per heavy atom. The van der Waals surface area contributed by atoms with E-state index in [9.17, 15) is 0 Å². The highest BCUT2D eigenvalue weighted by atomic mass is 32.1. The maximum Gasteiger partial charge on any atom is 0.160 e. The van der Waals surface area contributed by atoms with Crippen LogP contribution < -0.4 is 0 Å².